The van der Waals surface area contributed by atoms with E-state index in [1.807, 2.05) is 18.6 Å². The van der Waals surface area contributed by atoms with Crippen molar-refractivity contribution in [2.45, 2.75) is 38.3 Å². The summed E-state index contributed by atoms with van der Waals surface area (Å²) >= 11 is 1.66. The molecule has 17 heavy (non-hydrogen) atoms. The van der Waals surface area contributed by atoms with Gasteiger partial charge in [0.25, 0.3) is 0 Å². The fourth-order valence-electron chi connectivity index (χ4n) is 1.96. The highest BCUT2D eigenvalue weighted by molar-refractivity contribution is 14.0. The third-order valence-electron chi connectivity index (χ3n) is 2.81. The Morgan fingerprint density at radius 1 is 1.53 bits per heavy atom. The van der Waals surface area contributed by atoms with Gasteiger partial charge < -0.3 is 10.6 Å². The number of aliphatic imine (C=N–C) groups is 1. The van der Waals surface area contributed by atoms with Crippen LogP contribution in [0.3, 0.4) is 0 Å². The highest BCUT2D eigenvalue weighted by Crippen LogP contribution is 2.17. The van der Waals surface area contributed by atoms with Crippen LogP contribution in [0, 0.1) is 0 Å². The molecule has 1 fully saturated rings. The summed E-state index contributed by atoms with van der Waals surface area (Å²) in [6, 6.07) is 0.600. The zero-order valence-electron chi connectivity index (χ0n) is 9.98. The molecule has 1 aromatic rings. The Bertz CT molecular complexity index is 333. The van der Waals surface area contributed by atoms with Crippen LogP contribution in [-0.2, 0) is 6.54 Å². The topological polar surface area (TPSA) is 49.3 Å². The van der Waals surface area contributed by atoms with Crippen LogP contribution in [0.1, 0.15) is 30.7 Å². The lowest BCUT2D eigenvalue weighted by Gasteiger charge is -2.16. The molecule has 0 bridgehead atoms. The van der Waals surface area contributed by atoms with Gasteiger partial charge in [-0.1, -0.05) is 12.8 Å². The highest BCUT2D eigenvalue weighted by atomic mass is 127. The number of hydrogen-bond acceptors (Lipinski definition) is 3. The van der Waals surface area contributed by atoms with Gasteiger partial charge in [-0.2, -0.15) is 0 Å². The minimum Gasteiger partial charge on any atom is -0.354 e. The molecule has 96 valence electrons. The van der Waals surface area contributed by atoms with E-state index in [9.17, 15) is 0 Å². The van der Waals surface area contributed by atoms with E-state index < -0.39 is 0 Å². The quantitative estimate of drug-likeness (QED) is 0.491. The molecule has 0 unspecified atom stereocenters. The Morgan fingerprint density at radius 2 is 2.29 bits per heavy atom. The lowest BCUT2D eigenvalue weighted by Crippen LogP contribution is -2.41. The molecule has 4 nitrogen and oxygen atoms in total. The summed E-state index contributed by atoms with van der Waals surface area (Å²) in [7, 11) is 1.81. The minimum absolute atomic E-state index is 0. The molecule has 0 aliphatic heterocycles. The summed E-state index contributed by atoms with van der Waals surface area (Å²) in [5.41, 5.74) is 0. The molecule has 0 radical (unpaired) electrons. The summed E-state index contributed by atoms with van der Waals surface area (Å²) < 4.78 is 0. The minimum atomic E-state index is 0. The van der Waals surface area contributed by atoms with E-state index in [4.69, 9.17) is 0 Å². The van der Waals surface area contributed by atoms with Gasteiger partial charge in [0.05, 0.1) is 6.54 Å². The van der Waals surface area contributed by atoms with Crippen LogP contribution >= 0.6 is 35.3 Å². The van der Waals surface area contributed by atoms with Gasteiger partial charge in [0.1, 0.15) is 5.01 Å². The van der Waals surface area contributed by atoms with Crippen molar-refractivity contribution in [3.63, 3.8) is 0 Å². The predicted octanol–water partition coefficient (Wildman–Crippen LogP) is 2.37. The number of nitrogens with zero attached hydrogens (tertiary/aromatic N) is 2. The van der Waals surface area contributed by atoms with Gasteiger partial charge in [-0.05, 0) is 12.8 Å². The molecule has 0 spiro atoms. The van der Waals surface area contributed by atoms with Crippen LogP contribution in [-0.4, -0.2) is 24.0 Å². The van der Waals surface area contributed by atoms with Crippen molar-refractivity contribution in [2.24, 2.45) is 4.99 Å². The molecule has 0 aromatic carbocycles. The van der Waals surface area contributed by atoms with Crippen molar-refractivity contribution in [2.75, 3.05) is 7.05 Å². The second kappa shape index (κ2) is 7.86. The summed E-state index contributed by atoms with van der Waals surface area (Å²) in [5.74, 6) is 0.891. The van der Waals surface area contributed by atoms with Crippen molar-refractivity contribution < 1.29 is 0 Å². The summed E-state index contributed by atoms with van der Waals surface area (Å²) in [6.07, 6.45) is 7.02. The van der Waals surface area contributed by atoms with Crippen molar-refractivity contribution in [3.8, 4) is 0 Å². The second-order valence-electron chi connectivity index (χ2n) is 3.98. The molecule has 2 rings (SSSR count). The molecule has 2 N–H and O–H groups in total. The Hall–Kier alpha value is -0.370. The molecular weight excluding hydrogens is 347 g/mol. The van der Waals surface area contributed by atoms with Crippen LogP contribution in [0.15, 0.2) is 16.6 Å². The van der Waals surface area contributed by atoms with Crippen LogP contribution in [0.25, 0.3) is 0 Å². The fraction of sp³-hybridized carbons (Fsp3) is 0.636. The number of aromatic nitrogens is 1. The molecule has 0 atom stereocenters. The molecule has 1 saturated carbocycles. The average molecular weight is 366 g/mol. The van der Waals surface area contributed by atoms with E-state index in [0.29, 0.717) is 6.04 Å². The van der Waals surface area contributed by atoms with E-state index in [0.717, 1.165) is 17.5 Å². The molecule has 0 saturated heterocycles. The van der Waals surface area contributed by atoms with Crippen LogP contribution in [0.2, 0.25) is 0 Å². The third kappa shape index (κ3) is 4.79. The first-order valence-corrected chi connectivity index (χ1v) is 6.62. The van der Waals surface area contributed by atoms with Crippen LogP contribution < -0.4 is 10.6 Å². The molecule has 0 amide bonds. The number of halogens is 1. The monoisotopic (exact) mass is 366 g/mol. The maximum atomic E-state index is 4.23. The van der Waals surface area contributed by atoms with Crippen molar-refractivity contribution in [3.05, 3.63) is 16.6 Å². The van der Waals surface area contributed by atoms with E-state index in [-0.39, 0.29) is 24.0 Å². The highest BCUT2D eigenvalue weighted by Gasteiger charge is 2.15. The maximum Gasteiger partial charge on any atom is 0.191 e. The summed E-state index contributed by atoms with van der Waals surface area (Å²) in [4.78, 5) is 8.45. The van der Waals surface area contributed by atoms with Gasteiger partial charge in [0, 0.05) is 24.7 Å². The number of guanidine groups is 1. The Labute approximate surface area is 123 Å². The first-order valence-electron chi connectivity index (χ1n) is 5.74. The summed E-state index contributed by atoms with van der Waals surface area (Å²) in [5, 5.41) is 9.81. The zero-order chi connectivity index (χ0) is 11.2. The van der Waals surface area contributed by atoms with Crippen molar-refractivity contribution >= 4 is 41.3 Å². The molecule has 1 aromatic heterocycles. The number of nitrogens with one attached hydrogen (secondary N) is 2. The normalized spacial score (nSPS) is 16.6. The Kier molecular flexibility index (Phi) is 6.79. The Balaban J connectivity index is 0.00000144. The second-order valence-corrected chi connectivity index (χ2v) is 4.96. The summed E-state index contributed by atoms with van der Waals surface area (Å²) in [6.45, 7) is 0.754. The molecule has 1 aliphatic rings. The molecule has 1 heterocycles. The lowest BCUT2D eigenvalue weighted by molar-refractivity contribution is 0.613. The molecule has 1 aliphatic carbocycles. The van der Waals surface area contributed by atoms with Crippen molar-refractivity contribution in [1.82, 2.24) is 15.6 Å². The van der Waals surface area contributed by atoms with E-state index in [1.54, 1.807) is 11.3 Å². The lowest BCUT2D eigenvalue weighted by atomic mass is 10.2. The maximum absolute atomic E-state index is 4.23. The van der Waals surface area contributed by atoms with Crippen LogP contribution in [0.5, 0.6) is 0 Å². The zero-order valence-corrected chi connectivity index (χ0v) is 13.1. The SMILES string of the molecule is CN=C(NCc1nccs1)NC1CCCC1.I. The van der Waals surface area contributed by atoms with E-state index in [1.165, 1.54) is 25.7 Å². The third-order valence-corrected chi connectivity index (χ3v) is 3.59. The average Bonchev–Trinajstić information content (AvgIpc) is 2.97. The van der Waals surface area contributed by atoms with Gasteiger partial charge in [0.2, 0.25) is 0 Å². The van der Waals surface area contributed by atoms with E-state index >= 15 is 0 Å². The smallest absolute Gasteiger partial charge is 0.191 e. The van der Waals surface area contributed by atoms with Gasteiger partial charge in [-0.3, -0.25) is 4.99 Å². The van der Waals surface area contributed by atoms with Crippen LogP contribution in [0.4, 0.5) is 0 Å². The van der Waals surface area contributed by atoms with E-state index in [2.05, 4.69) is 20.6 Å². The fourth-order valence-corrected chi connectivity index (χ4v) is 2.51. The van der Waals surface area contributed by atoms with Crippen molar-refractivity contribution in [1.29, 1.82) is 0 Å². The number of rotatable bonds is 3. The van der Waals surface area contributed by atoms with Gasteiger partial charge in [0.15, 0.2) is 5.96 Å². The first kappa shape index (κ1) is 14.7. The number of hydrogen-bond donors (Lipinski definition) is 2. The molecule has 6 heteroatoms. The van der Waals surface area contributed by atoms with Gasteiger partial charge in [-0.25, -0.2) is 4.98 Å². The predicted molar refractivity (Wildman–Crippen MR) is 83.1 cm³/mol. The molecular formula is C11H19IN4S. The largest absolute Gasteiger partial charge is 0.354 e. The number of thiazole rings is 1. The standard InChI is InChI=1S/C11H18N4S.HI/c1-12-11(15-9-4-2-3-5-9)14-8-10-13-6-7-16-10;/h6-7,9H,2-5,8H2,1H3,(H2,12,14,15);1H. The Morgan fingerprint density at radius 3 is 2.88 bits per heavy atom. The first-order chi connectivity index (χ1) is 7.88. The van der Waals surface area contributed by atoms with Gasteiger partial charge >= 0.3 is 0 Å². The van der Waals surface area contributed by atoms with Gasteiger partial charge in [-0.15, -0.1) is 35.3 Å².